The molecule has 0 spiro atoms. The summed E-state index contributed by atoms with van der Waals surface area (Å²) in [5, 5.41) is 41.8. The van der Waals surface area contributed by atoms with E-state index in [4.69, 9.17) is 9.47 Å². The van der Waals surface area contributed by atoms with E-state index >= 15 is 0 Å². The third-order valence-corrected chi connectivity index (χ3v) is 5.50. The number of phenolic OH excluding ortho intramolecular Hbond substituents is 2. The molecule has 0 saturated carbocycles. The van der Waals surface area contributed by atoms with Gasteiger partial charge in [-0.1, -0.05) is 0 Å². The van der Waals surface area contributed by atoms with Gasteiger partial charge in [0.15, 0.2) is 5.78 Å². The van der Waals surface area contributed by atoms with Crippen molar-refractivity contribution < 1.29 is 39.5 Å². The molecule has 8 heteroatoms. The number of carbonyl (C=O) groups excluding carboxylic acids is 2. The Labute approximate surface area is 160 Å². The third kappa shape index (κ3) is 2.63. The molecule has 1 aromatic carbocycles. The summed E-state index contributed by atoms with van der Waals surface area (Å²) in [6.45, 7) is 1.88. The third-order valence-electron chi connectivity index (χ3n) is 5.50. The lowest BCUT2D eigenvalue weighted by Gasteiger charge is -2.35. The molecule has 1 aromatic rings. The summed E-state index contributed by atoms with van der Waals surface area (Å²) in [7, 11) is 0. The normalized spacial score (nSPS) is 24.5. The van der Waals surface area contributed by atoms with Crippen molar-refractivity contribution in [2.75, 3.05) is 13.2 Å². The molecule has 4 N–H and O–H groups in total. The van der Waals surface area contributed by atoms with Crippen molar-refractivity contribution in [3.05, 3.63) is 39.9 Å². The standard InChI is InChI=1S/C20H20O8/c1-8-17(25)10(18(26)16-12(22)3-4-27-19(8)16)6-9-13(23)7-14(24)15-11(21)2-5-28-20(9)15/h7,16,18,23-26H,2-6H2,1H3. The van der Waals surface area contributed by atoms with Crippen LogP contribution in [0, 0.1) is 5.92 Å². The largest absolute Gasteiger partial charge is 0.507 e. The van der Waals surface area contributed by atoms with Crippen molar-refractivity contribution in [1.29, 1.82) is 0 Å². The number of hydrogen-bond donors (Lipinski definition) is 4. The minimum Gasteiger partial charge on any atom is -0.507 e. The van der Waals surface area contributed by atoms with Crippen LogP contribution in [0.5, 0.6) is 17.2 Å². The molecule has 1 aliphatic carbocycles. The van der Waals surface area contributed by atoms with Crippen molar-refractivity contribution in [3.63, 3.8) is 0 Å². The molecule has 3 aliphatic rings. The van der Waals surface area contributed by atoms with Gasteiger partial charge >= 0.3 is 0 Å². The fraction of sp³-hybridized carbons (Fsp3) is 0.400. The molecular formula is C20H20O8. The average molecular weight is 388 g/mol. The van der Waals surface area contributed by atoms with Crippen LogP contribution >= 0.6 is 0 Å². The first-order valence-electron chi connectivity index (χ1n) is 9.01. The Balaban J connectivity index is 1.82. The minimum atomic E-state index is -1.34. The quantitative estimate of drug-likeness (QED) is 0.601. The molecule has 148 valence electrons. The van der Waals surface area contributed by atoms with E-state index in [0.29, 0.717) is 5.57 Å². The lowest BCUT2D eigenvalue weighted by Crippen LogP contribution is -2.40. The summed E-state index contributed by atoms with van der Waals surface area (Å²) in [6, 6.07) is 1.04. The lowest BCUT2D eigenvalue weighted by atomic mass is 9.78. The Kier molecular flexibility index (Phi) is 4.30. The van der Waals surface area contributed by atoms with E-state index in [2.05, 4.69) is 0 Å². The number of ether oxygens (including phenoxy) is 2. The molecule has 4 rings (SSSR count). The molecule has 28 heavy (non-hydrogen) atoms. The maximum atomic E-state index is 12.3. The van der Waals surface area contributed by atoms with Gasteiger partial charge in [-0.05, 0) is 6.92 Å². The van der Waals surface area contributed by atoms with Crippen LogP contribution in [0.25, 0.3) is 0 Å². The van der Waals surface area contributed by atoms with E-state index in [9.17, 15) is 30.0 Å². The van der Waals surface area contributed by atoms with Gasteiger partial charge in [-0.25, -0.2) is 0 Å². The van der Waals surface area contributed by atoms with Crippen molar-refractivity contribution in [1.82, 2.24) is 0 Å². The van der Waals surface area contributed by atoms with E-state index in [-0.39, 0.29) is 83.8 Å². The van der Waals surface area contributed by atoms with Crippen molar-refractivity contribution >= 4 is 11.6 Å². The highest BCUT2D eigenvalue weighted by Gasteiger charge is 2.43. The first-order chi connectivity index (χ1) is 13.3. The van der Waals surface area contributed by atoms with Crippen molar-refractivity contribution in [2.24, 2.45) is 5.92 Å². The molecule has 2 heterocycles. The van der Waals surface area contributed by atoms with Crippen LogP contribution in [0.15, 0.2) is 28.7 Å². The van der Waals surface area contributed by atoms with Gasteiger partial charge in [0.2, 0.25) is 0 Å². The summed E-state index contributed by atoms with van der Waals surface area (Å²) >= 11 is 0. The Hall–Kier alpha value is -3.00. The molecule has 2 atom stereocenters. The van der Waals surface area contributed by atoms with Gasteiger partial charge in [0, 0.05) is 42.0 Å². The molecule has 0 amide bonds. The van der Waals surface area contributed by atoms with E-state index in [0.717, 1.165) is 6.07 Å². The van der Waals surface area contributed by atoms with Gasteiger partial charge in [-0.2, -0.15) is 0 Å². The topological polar surface area (TPSA) is 134 Å². The molecule has 2 unspecified atom stereocenters. The van der Waals surface area contributed by atoms with Crippen molar-refractivity contribution in [3.8, 4) is 17.2 Å². The maximum absolute atomic E-state index is 12.3. The predicted octanol–water partition coefficient (Wildman–Crippen LogP) is 1.67. The summed E-state index contributed by atoms with van der Waals surface area (Å²) in [4.78, 5) is 24.5. The van der Waals surface area contributed by atoms with Crippen LogP contribution in [-0.2, 0) is 16.0 Å². The number of rotatable bonds is 2. The fourth-order valence-electron chi connectivity index (χ4n) is 4.03. The predicted molar refractivity (Wildman–Crippen MR) is 95.3 cm³/mol. The number of aliphatic hydroxyl groups is 2. The summed E-state index contributed by atoms with van der Waals surface area (Å²) < 4.78 is 11.0. The zero-order chi connectivity index (χ0) is 20.2. The van der Waals surface area contributed by atoms with Crippen LogP contribution in [0.3, 0.4) is 0 Å². The first kappa shape index (κ1) is 18.4. The van der Waals surface area contributed by atoms with Crippen LogP contribution in [0.4, 0.5) is 0 Å². The Morgan fingerprint density at radius 2 is 1.79 bits per heavy atom. The fourth-order valence-corrected chi connectivity index (χ4v) is 4.03. The SMILES string of the molecule is CC1=C2OCCC(=O)C2C(O)C(Cc2c(O)cc(O)c3c2OCCC3=O)=C1O. The van der Waals surface area contributed by atoms with E-state index in [1.54, 1.807) is 6.92 Å². The van der Waals surface area contributed by atoms with E-state index in [1.807, 2.05) is 0 Å². The zero-order valence-corrected chi connectivity index (χ0v) is 15.2. The number of Topliss-reactive ketones (excluding diaryl/α,β-unsaturated/α-hetero) is 2. The van der Waals surface area contributed by atoms with Gasteiger partial charge in [0.05, 0.1) is 19.3 Å². The second-order valence-corrected chi connectivity index (χ2v) is 7.15. The number of fused-ring (bicyclic) bond motifs is 2. The highest BCUT2D eigenvalue weighted by molar-refractivity contribution is 6.03. The molecule has 0 aromatic heterocycles. The smallest absolute Gasteiger partial charge is 0.173 e. The van der Waals surface area contributed by atoms with Crippen LogP contribution < -0.4 is 4.74 Å². The lowest BCUT2D eigenvalue weighted by molar-refractivity contribution is -0.130. The van der Waals surface area contributed by atoms with Gasteiger partial charge in [0.25, 0.3) is 0 Å². The van der Waals surface area contributed by atoms with Crippen LogP contribution in [0.1, 0.15) is 35.7 Å². The summed E-state index contributed by atoms with van der Waals surface area (Å²) in [5.74, 6) is -2.10. The van der Waals surface area contributed by atoms with Gasteiger partial charge < -0.3 is 29.9 Å². The number of hydrogen-bond acceptors (Lipinski definition) is 8. The monoisotopic (exact) mass is 388 g/mol. The molecule has 2 aliphatic heterocycles. The molecule has 0 bridgehead atoms. The van der Waals surface area contributed by atoms with Gasteiger partial charge in [0.1, 0.15) is 46.0 Å². The van der Waals surface area contributed by atoms with E-state index < -0.39 is 17.8 Å². The molecule has 0 radical (unpaired) electrons. The number of carbonyl (C=O) groups is 2. The number of ketones is 2. The zero-order valence-electron chi connectivity index (χ0n) is 15.2. The number of allylic oxidation sites excluding steroid dienone is 1. The Morgan fingerprint density at radius 3 is 2.54 bits per heavy atom. The Bertz CT molecular complexity index is 955. The second-order valence-electron chi connectivity index (χ2n) is 7.15. The maximum Gasteiger partial charge on any atom is 0.173 e. The molecular weight excluding hydrogens is 368 g/mol. The number of aromatic hydroxyl groups is 2. The van der Waals surface area contributed by atoms with Crippen molar-refractivity contribution in [2.45, 2.75) is 32.3 Å². The van der Waals surface area contributed by atoms with Gasteiger partial charge in [-0.3, -0.25) is 9.59 Å². The highest BCUT2D eigenvalue weighted by atomic mass is 16.5. The van der Waals surface area contributed by atoms with Crippen LogP contribution in [-0.4, -0.2) is 51.3 Å². The summed E-state index contributed by atoms with van der Waals surface area (Å²) in [5.41, 5.74) is 0.591. The molecule has 1 saturated heterocycles. The van der Waals surface area contributed by atoms with Crippen LogP contribution in [0.2, 0.25) is 0 Å². The first-order valence-corrected chi connectivity index (χ1v) is 9.01. The Morgan fingerprint density at radius 1 is 1.07 bits per heavy atom. The number of phenols is 2. The number of benzene rings is 1. The summed E-state index contributed by atoms with van der Waals surface area (Å²) in [6.07, 6.45) is -1.25. The number of aliphatic hydroxyl groups excluding tert-OH is 2. The molecule has 1 fully saturated rings. The second kappa shape index (κ2) is 6.56. The minimum absolute atomic E-state index is 0.0277. The molecule has 8 nitrogen and oxygen atoms in total. The average Bonchev–Trinajstić information content (AvgIpc) is 2.65. The van der Waals surface area contributed by atoms with Gasteiger partial charge in [-0.15, -0.1) is 0 Å². The highest BCUT2D eigenvalue weighted by Crippen LogP contribution is 2.45. The van der Waals surface area contributed by atoms with E-state index in [1.165, 1.54) is 0 Å².